The molecule has 0 saturated carbocycles. The summed E-state index contributed by atoms with van der Waals surface area (Å²) in [7, 11) is -4.06. The number of carbonyl (C=O) groups excluding carboxylic acids is 3. The van der Waals surface area contributed by atoms with Gasteiger partial charge in [0.15, 0.2) is 11.4 Å². The van der Waals surface area contributed by atoms with Crippen molar-refractivity contribution in [2.75, 3.05) is 6.26 Å². The molecule has 1 aromatic carbocycles. The smallest absolute Gasteiger partial charge is 0.255 e. The number of amides is 1. The van der Waals surface area contributed by atoms with E-state index in [0.717, 1.165) is 6.26 Å². The molecule has 1 amide bonds. The summed E-state index contributed by atoms with van der Waals surface area (Å²) in [5.41, 5.74) is 0.836. The van der Waals surface area contributed by atoms with E-state index in [0.29, 0.717) is 0 Å². The lowest BCUT2D eigenvalue weighted by atomic mass is 9.59. The molecule has 0 saturated heterocycles. The van der Waals surface area contributed by atoms with Crippen LogP contribution in [0.3, 0.4) is 0 Å². The van der Waals surface area contributed by atoms with Crippen molar-refractivity contribution in [3.05, 3.63) is 50.9 Å². The van der Waals surface area contributed by atoms with Gasteiger partial charge in [-0.2, -0.15) is 0 Å². The van der Waals surface area contributed by atoms with Gasteiger partial charge < -0.3 is 26.2 Å². The Bertz CT molecular complexity index is 1320. The molecular weight excluding hydrogens is 480 g/mol. The number of primary amides is 1. The summed E-state index contributed by atoms with van der Waals surface area (Å²) >= 11 is 6.19. The lowest BCUT2D eigenvalue weighted by Crippen LogP contribution is -2.64. The minimum absolute atomic E-state index is 0.00716. The maximum atomic E-state index is 13.2. The number of aliphatic hydroxyl groups excluding tert-OH is 2. The standard InChI is InChI=1S/C20H19ClN2O9S/c1-33(31,32)23-14-8-5-6-4-7-9(21)2-3-10(24)12(7)15(25)11(6)17(27)20(8,30)18(28)13(16(14)26)19(22)29/h2-3,6,8,14,23-24,26-27,30H,4-5H2,1H3,(H2,22,29)/t6-,8-,14-,20-/m0/s1. The monoisotopic (exact) mass is 498 g/mol. The van der Waals surface area contributed by atoms with Crippen LogP contribution in [0.2, 0.25) is 5.02 Å². The third kappa shape index (κ3) is 3.24. The second kappa shape index (κ2) is 7.29. The summed E-state index contributed by atoms with van der Waals surface area (Å²) in [5.74, 6) is -8.69. The molecule has 0 bridgehead atoms. The molecule has 0 fully saturated rings. The zero-order valence-electron chi connectivity index (χ0n) is 17.0. The number of nitrogens with one attached hydrogen (secondary N) is 1. The maximum absolute atomic E-state index is 13.2. The minimum Gasteiger partial charge on any atom is -0.510 e. The SMILES string of the molecule is CS(=O)(=O)N[C@@H]1C(O)=C(C(N)=O)C(=O)[C@@]2(O)C(O)=C3C(=O)c4c(O)ccc(Cl)c4C[C@H]3C[C@@H]12. The summed E-state index contributed by atoms with van der Waals surface area (Å²) in [5, 5.41) is 43.3. The fraction of sp³-hybridized carbons (Fsp3) is 0.350. The van der Waals surface area contributed by atoms with E-state index in [-0.39, 0.29) is 34.6 Å². The molecule has 33 heavy (non-hydrogen) atoms. The number of allylic oxidation sites excluding steroid dienone is 1. The van der Waals surface area contributed by atoms with E-state index in [1.165, 1.54) is 12.1 Å². The van der Waals surface area contributed by atoms with Crippen molar-refractivity contribution in [3.8, 4) is 5.75 Å². The van der Waals surface area contributed by atoms with Gasteiger partial charge in [-0.1, -0.05) is 11.6 Å². The van der Waals surface area contributed by atoms with Gasteiger partial charge in [0.2, 0.25) is 15.8 Å². The topological polar surface area (TPSA) is 204 Å². The molecule has 1 aromatic rings. The molecule has 0 radical (unpaired) electrons. The van der Waals surface area contributed by atoms with Crippen LogP contribution in [-0.2, 0) is 26.0 Å². The number of nitrogens with two attached hydrogens (primary N) is 1. The molecular formula is C20H19ClN2O9S. The number of halogens is 1. The number of aliphatic hydroxyl groups is 3. The van der Waals surface area contributed by atoms with Gasteiger partial charge >= 0.3 is 0 Å². The van der Waals surface area contributed by atoms with Gasteiger partial charge in [0.1, 0.15) is 22.8 Å². The van der Waals surface area contributed by atoms with Crippen LogP contribution >= 0.6 is 11.6 Å². The fourth-order valence-electron chi connectivity index (χ4n) is 5.00. The number of carbonyl (C=O) groups is 3. The average molecular weight is 499 g/mol. The highest BCUT2D eigenvalue weighted by Gasteiger charge is 2.63. The molecule has 7 N–H and O–H groups in total. The Kier molecular flexibility index (Phi) is 5.13. The third-order valence-electron chi connectivity index (χ3n) is 6.37. The number of hydrogen-bond acceptors (Lipinski definition) is 9. The number of benzene rings is 1. The molecule has 0 unspecified atom stereocenters. The Hall–Kier alpha value is -2.93. The van der Waals surface area contributed by atoms with E-state index in [1.807, 2.05) is 0 Å². The number of ketones is 2. The second-order valence-electron chi connectivity index (χ2n) is 8.34. The van der Waals surface area contributed by atoms with Crippen molar-refractivity contribution < 1.29 is 43.2 Å². The van der Waals surface area contributed by atoms with Gasteiger partial charge in [-0.05, 0) is 36.5 Å². The normalized spacial score (nSPS) is 29.5. The van der Waals surface area contributed by atoms with E-state index < -0.39 is 73.8 Å². The van der Waals surface area contributed by atoms with Gasteiger partial charge in [0.05, 0.1) is 17.9 Å². The predicted octanol–water partition coefficient (Wildman–Crippen LogP) is -0.238. The first-order valence-electron chi connectivity index (χ1n) is 9.66. The van der Waals surface area contributed by atoms with Crippen molar-refractivity contribution in [3.63, 3.8) is 0 Å². The number of phenols is 1. The van der Waals surface area contributed by atoms with Crippen LogP contribution in [-0.4, -0.2) is 64.2 Å². The summed E-state index contributed by atoms with van der Waals surface area (Å²) in [6.45, 7) is 0. The van der Waals surface area contributed by atoms with Crippen LogP contribution in [0.5, 0.6) is 5.75 Å². The average Bonchev–Trinajstić information content (AvgIpc) is 2.69. The van der Waals surface area contributed by atoms with Gasteiger partial charge in [0, 0.05) is 16.5 Å². The van der Waals surface area contributed by atoms with Crippen molar-refractivity contribution in [2.45, 2.75) is 24.5 Å². The van der Waals surface area contributed by atoms with Crippen molar-refractivity contribution in [2.24, 2.45) is 17.6 Å². The van der Waals surface area contributed by atoms with Crippen LogP contribution in [0, 0.1) is 11.8 Å². The van der Waals surface area contributed by atoms with Crippen LogP contribution in [0.15, 0.2) is 34.8 Å². The van der Waals surface area contributed by atoms with E-state index in [1.54, 1.807) is 0 Å². The van der Waals surface area contributed by atoms with E-state index in [9.17, 15) is 43.2 Å². The fourth-order valence-corrected chi connectivity index (χ4v) is 5.98. The molecule has 0 aliphatic heterocycles. The Morgan fingerprint density at radius 2 is 1.88 bits per heavy atom. The van der Waals surface area contributed by atoms with Gasteiger partial charge in [-0.25, -0.2) is 13.1 Å². The van der Waals surface area contributed by atoms with Crippen molar-refractivity contribution in [1.29, 1.82) is 0 Å². The molecule has 4 atom stereocenters. The molecule has 0 spiro atoms. The Morgan fingerprint density at radius 3 is 2.45 bits per heavy atom. The summed E-state index contributed by atoms with van der Waals surface area (Å²) in [6.07, 6.45) is 0.502. The zero-order valence-corrected chi connectivity index (χ0v) is 18.6. The molecule has 13 heteroatoms. The number of rotatable bonds is 3. The number of sulfonamides is 1. The molecule has 11 nitrogen and oxygen atoms in total. The minimum atomic E-state index is -4.06. The zero-order chi connectivity index (χ0) is 24.6. The Balaban J connectivity index is 1.98. The van der Waals surface area contributed by atoms with Crippen molar-refractivity contribution in [1.82, 2.24) is 4.72 Å². The van der Waals surface area contributed by atoms with Gasteiger partial charge in [-0.15, -0.1) is 0 Å². The third-order valence-corrected chi connectivity index (χ3v) is 7.41. The lowest BCUT2D eigenvalue weighted by Gasteiger charge is -2.48. The molecule has 0 aromatic heterocycles. The molecule has 4 rings (SSSR count). The molecule has 3 aliphatic rings. The number of fused-ring (bicyclic) bond motifs is 3. The molecule has 3 aliphatic carbocycles. The number of aromatic hydroxyl groups is 1. The van der Waals surface area contributed by atoms with E-state index >= 15 is 0 Å². The molecule has 176 valence electrons. The highest BCUT2D eigenvalue weighted by molar-refractivity contribution is 7.88. The first kappa shape index (κ1) is 23.2. The number of phenolic OH excluding ortho intramolecular Hbond substituents is 1. The maximum Gasteiger partial charge on any atom is 0.255 e. The first-order chi connectivity index (χ1) is 15.2. The van der Waals surface area contributed by atoms with Crippen LogP contribution in [0.1, 0.15) is 22.3 Å². The van der Waals surface area contributed by atoms with Crippen molar-refractivity contribution >= 4 is 39.1 Å². The van der Waals surface area contributed by atoms with Crippen LogP contribution in [0.4, 0.5) is 0 Å². The highest BCUT2D eigenvalue weighted by atomic mass is 35.5. The quantitative estimate of drug-likeness (QED) is 0.304. The predicted molar refractivity (Wildman–Crippen MR) is 113 cm³/mol. The summed E-state index contributed by atoms with van der Waals surface area (Å²) in [4.78, 5) is 38.2. The first-order valence-corrected chi connectivity index (χ1v) is 11.9. The van der Waals surface area contributed by atoms with Gasteiger partial charge in [-0.3, -0.25) is 14.4 Å². The largest absolute Gasteiger partial charge is 0.510 e. The van der Waals surface area contributed by atoms with E-state index in [4.69, 9.17) is 17.3 Å². The Labute approximate surface area is 192 Å². The van der Waals surface area contributed by atoms with Gasteiger partial charge in [0.25, 0.3) is 5.91 Å². The number of Topliss-reactive ketones (excluding diaryl/α,β-unsaturated/α-hetero) is 2. The Morgan fingerprint density at radius 1 is 1.24 bits per heavy atom. The molecule has 0 heterocycles. The van der Waals surface area contributed by atoms with Crippen LogP contribution < -0.4 is 10.5 Å². The summed E-state index contributed by atoms with van der Waals surface area (Å²) in [6, 6.07) is 0.856. The van der Waals surface area contributed by atoms with E-state index in [2.05, 4.69) is 4.72 Å². The number of hydrogen-bond donors (Lipinski definition) is 6. The highest BCUT2D eigenvalue weighted by Crippen LogP contribution is 2.52. The second-order valence-corrected chi connectivity index (χ2v) is 10.5. The lowest BCUT2D eigenvalue weighted by molar-refractivity contribution is -0.145. The summed E-state index contributed by atoms with van der Waals surface area (Å²) < 4.78 is 25.9. The van der Waals surface area contributed by atoms with Crippen LogP contribution in [0.25, 0.3) is 0 Å².